The van der Waals surface area contributed by atoms with Gasteiger partial charge in [0.15, 0.2) is 0 Å². The molecule has 18 heteroatoms. The number of aryl methyl sites for hydroxylation is 9. The zero-order valence-corrected chi connectivity index (χ0v) is 67.2. The van der Waals surface area contributed by atoms with E-state index in [0.29, 0.717) is 39.9 Å². The van der Waals surface area contributed by atoms with Gasteiger partial charge >= 0.3 is 0 Å². The van der Waals surface area contributed by atoms with Crippen LogP contribution in [-0.2, 0) is 80.4 Å². The Morgan fingerprint density at radius 2 is 0.612 bits per heavy atom. The van der Waals surface area contributed by atoms with E-state index in [1.807, 2.05) is 237 Å². The quantitative estimate of drug-likeness (QED) is 0.0897. The molecule has 0 amide bonds. The molecule has 4 radical (unpaired) electrons. The molecule has 0 spiro atoms. The standard InChI is InChI=1S/C24H19N2O2.C24H19N2O.C19H17N2O.C18H14FN2O.4Ir/c1-17-16-25-24(18(2)26-17)22-14-13-21(27-19-9-5-3-6-10-19)15-23(22)28-20-11-7-4-8-12-20;1-17-16-25-24(18(2)26-17)20-13-14-23(27-21-11-7-4-8-12-21)22(15-20)19-9-5-3-6-10-19;1-13-11-16(19-15(3)21-14(2)12-20-19)9-10-18(13)22-17-7-5-4-6-8-17;1-12-11-20-18(13(2)21-12)16-9-8-15(10-17(16)19)22-14-6-4-3-5-7-14;;;;/h3-13,15-16H,1-2H3;3-12,14-16H,1-2H3;4-8,10-12H,1-3H3;3-8,10-11H,1-2H3;;;;/q4*-1;;;;. The third-order valence-electron chi connectivity index (χ3n) is 15.0. The number of aromatic nitrogens is 8. The van der Waals surface area contributed by atoms with Gasteiger partial charge in [-0.15, -0.1) is 71.8 Å². The maximum Gasteiger partial charge on any atom is 0.114 e. The van der Waals surface area contributed by atoms with Gasteiger partial charge < -0.3 is 43.6 Å². The Kier molecular flexibility index (Phi) is 30.8. The van der Waals surface area contributed by atoms with Gasteiger partial charge in [0.25, 0.3) is 0 Å². The van der Waals surface area contributed by atoms with Crippen molar-refractivity contribution in [3.8, 4) is 114 Å². The molecule has 14 aromatic rings. The summed E-state index contributed by atoms with van der Waals surface area (Å²) in [4.78, 5) is 35.6. The van der Waals surface area contributed by atoms with Crippen LogP contribution >= 0.6 is 0 Å². The first-order valence-corrected chi connectivity index (χ1v) is 31.9. The van der Waals surface area contributed by atoms with Gasteiger partial charge in [0.05, 0.1) is 28.5 Å². The van der Waals surface area contributed by atoms with E-state index in [1.54, 1.807) is 56.0 Å². The van der Waals surface area contributed by atoms with Gasteiger partial charge in [0.2, 0.25) is 0 Å². The van der Waals surface area contributed by atoms with Crippen molar-refractivity contribution in [2.45, 2.75) is 62.3 Å². The zero-order valence-electron chi connectivity index (χ0n) is 57.6. The van der Waals surface area contributed by atoms with E-state index in [-0.39, 0.29) is 80.4 Å². The van der Waals surface area contributed by atoms with Crippen molar-refractivity contribution in [1.82, 2.24) is 39.9 Å². The molecule has 0 aliphatic carbocycles. The summed E-state index contributed by atoms with van der Waals surface area (Å²) >= 11 is 0. The first-order valence-electron chi connectivity index (χ1n) is 31.9. The minimum atomic E-state index is -0.435. The molecule has 4 heterocycles. The summed E-state index contributed by atoms with van der Waals surface area (Å²) < 4.78 is 44.0. The molecule has 0 saturated heterocycles. The normalized spacial score (nSPS) is 10.1. The predicted molar refractivity (Wildman–Crippen MR) is 386 cm³/mol. The average Bonchev–Trinajstić information content (AvgIpc) is 0.816. The van der Waals surface area contributed by atoms with Crippen LogP contribution in [0.5, 0.6) is 57.5 Å². The van der Waals surface area contributed by atoms with Crippen molar-refractivity contribution in [3.05, 3.63) is 337 Å². The van der Waals surface area contributed by atoms with Gasteiger partial charge in [0.1, 0.15) is 28.7 Å². The topological polar surface area (TPSA) is 149 Å². The Morgan fingerprint density at radius 3 is 1.00 bits per heavy atom. The van der Waals surface area contributed by atoms with E-state index >= 15 is 0 Å². The maximum absolute atomic E-state index is 14.3. The summed E-state index contributed by atoms with van der Waals surface area (Å²) in [6.45, 7) is 17.3. The fraction of sp³-hybridized carbons (Fsp3) is 0.106. The van der Waals surface area contributed by atoms with Crippen molar-refractivity contribution in [2.24, 2.45) is 0 Å². The molecule has 10 aromatic carbocycles. The summed E-state index contributed by atoms with van der Waals surface area (Å²) in [5.41, 5.74) is 15.7. The summed E-state index contributed by atoms with van der Waals surface area (Å²) in [6, 6.07) is 85.3. The Bertz CT molecular complexity index is 5020. The van der Waals surface area contributed by atoms with Crippen molar-refractivity contribution in [2.75, 3.05) is 0 Å². The molecule has 4 aromatic heterocycles. The smallest absolute Gasteiger partial charge is 0.114 e. The summed E-state index contributed by atoms with van der Waals surface area (Å²) in [7, 11) is 0. The number of halogens is 1. The van der Waals surface area contributed by atoms with Crippen LogP contribution in [0.3, 0.4) is 0 Å². The minimum absolute atomic E-state index is 0. The van der Waals surface area contributed by atoms with Gasteiger partial charge in [0, 0.05) is 180 Å². The molecule has 0 aliphatic rings. The largest absolute Gasteiger partial charge is 0.502 e. The monoisotopic (exact) mass is 2070 g/mol. The number of para-hydroxylation sites is 5. The Morgan fingerprint density at radius 1 is 0.291 bits per heavy atom. The van der Waals surface area contributed by atoms with Gasteiger partial charge in [-0.2, -0.15) is 0 Å². The number of ether oxygens (including phenoxy) is 5. The van der Waals surface area contributed by atoms with Crippen molar-refractivity contribution in [3.63, 3.8) is 0 Å². The molecule has 526 valence electrons. The fourth-order valence-electron chi connectivity index (χ4n) is 10.4. The maximum atomic E-state index is 14.3. The van der Waals surface area contributed by atoms with Crippen LogP contribution in [0.25, 0.3) is 56.2 Å². The van der Waals surface area contributed by atoms with Crippen LogP contribution < -0.4 is 23.7 Å². The number of rotatable bonds is 15. The van der Waals surface area contributed by atoms with Gasteiger partial charge in [-0.3, -0.25) is 24.3 Å². The zero-order chi connectivity index (χ0) is 69.0. The summed E-state index contributed by atoms with van der Waals surface area (Å²) in [5, 5.41) is 0. The van der Waals surface area contributed by atoms with E-state index in [2.05, 4.69) is 82.3 Å². The van der Waals surface area contributed by atoms with E-state index in [9.17, 15) is 4.39 Å². The Labute approximate surface area is 655 Å². The molecule has 0 fully saturated rings. The third-order valence-corrected chi connectivity index (χ3v) is 15.0. The predicted octanol–water partition coefficient (Wildman–Crippen LogP) is 21.3. The molecule has 0 unspecified atom stereocenters. The SMILES string of the molecule is Cc1cnc(-c2[c-]cc(Oc3ccccc3)c(-c3ccccc3)c2)c(C)n1.Cc1cnc(-c2[c-]cc(Oc3ccccc3)c(C)c2)c(C)n1.Cc1cnc(-c2[c-]cc(Oc3ccccc3)cc2F)c(C)n1.Cc1cnc(-c2[c-]cc(Oc3ccccc3)cc2Oc2ccccc2)c(C)n1.[Ir].[Ir].[Ir].[Ir]. The molecule has 0 aliphatic heterocycles. The fourth-order valence-corrected chi connectivity index (χ4v) is 10.4. The summed E-state index contributed by atoms with van der Waals surface area (Å²) in [6.07, 6.45) is 6.92. The summed E-state index contributed by atoms with van der Waals surface area (Å²) in [5.74, 6) is 6.50. The molecule has 0 atom stereocenters. The van der Waals surface area contributed by atoms with Crippen molar-refractivity contribution < 1.29 is 108 Å². The second-order valence-corrected chi connectivity index (χ2v) is 22.9. The van der Waals surface area contributed by atoms with Gasteiger partial charge in [-0.1, -0.05) is 163 Å². The van der Waals surface area contributed by atoms with Crippen LogP contribution in [0.2, 0.25) is 0 Å². The molecule has 0 bridgehead atoms. The van der Waals surface area contributed by atoms with Crippen LogP contribution in [0.15, 0.2) is 255 Å². The van der Waals surface area contributed by atoms with Crippen LogP contribution in [-0.4, -0.2) is 39.9 Å². The molecule has 103 heavy (non-hydrogen) atoms. The third kappa shape index (κ3) is 22.5. The minimum Gasteiger partial charge on any atom is -0.502 e. The van der Waals surface area contributed by atoms with E-state index < -0.39 is 5.82 Å². The van der Waals surface area contributed by atoms with E-state index in [0.717, 1.165) is 125 Å². The molecule has 13 nitrogen and oxygen atoms in total. The molecular weight excluding hydrogens is 2000 g/mol. The van der Waals surface area contributed by atoms with E-state index in [1.165, 1.54) is 6.07 Å². The van der Waals surface area contributed by atoms with Crippen LogP contribution in [0, 0.1) is 92.4 Å². The van der Waals surface area contributed by atoms with Gasteiger partial charge in [-0.05, 0) is 122 Å². The molecule has 14 rings (SSSR count). The van der Waals surface area contributed by atoms with E-state index in [4.69, 9.17) is 23.7 Å². The average molecular weight is 2070 g/mol. The van der Waals surface area contributed by atoms with Crippen molar-refractivity contribution in [1.29, 1.82) is 0 Å². The Balaban J connectivity index is 0.000000191. The molecular formula is C85H69FIr4N8O5-4. The number of hydrogen-bond donors (Lipinski definition) is 0. The molecule has 0 saturated carbocycles. The first kappa shape index (κ1) is 80.4. The second kappa shape index (κ2) is 39.5. The number of nitrogens with zero attached hydrogens (tertiary/aromatic N) is 8. The molecule has 0 N–H and O–H groups in total. The van der Waals surface area contributed by atoms with Crippen LogP contribution in [0.4, 0.5) is 4.39 Å². The number of hydrogen-bond acceptors (Lipinski definition) is 13. The number of benzene rings is 10. The van der Waals surface area contributed by atoms with Crippen LogP contribution in [0.1, 0.15) is 51.1 Å². The first-order chi connectivity index (χ1) is 48.2. The second-order valence-electron chi connectivity index (χ2n) is 22.9. The van der Waals surface area contributed by atoms with Gasteiger partial charge in [-0.25, -0.2) is 0 Å². The van der Waals surface area contributed by atoms with Crippen molar-refractivity contribution >= 4 is 0 Å². The Hall–Kier alpha value is -9.95.